The number of aryl methyl sites for hydroxylation is 2. The molecule has 0 aliphatic carbocycles. The topological polar surface area (TPSA) is 123 Å². The minimum atomic E-state index is -1.68. The summed E-state index contributed by atoms with van der Waals surface area (Å²) in [6.07, 6.45) is 0.828. The fourth-order valence-electron chi connectivity index (χ4n) is 4.24. The zero-order valence-electron chi connectivity index (χ0n) is 20.0. The van der Waals surface area contributed by atoms with Crippen LogP contribution in [0.2, 0.25) is 0 Å². The van der Waals surface area contributed by atoms with E-state index < -0.39 is 23.4 Å². The number of carbonyl (C=O) groups is 3. The van der Waals surface area contributed by atoms with Crippen LogP contribution in [-0.4, -0.2) is 35.8 Å². The Morgan fingerprint density at radius 3 is 2.11 bits per heavy atom. The molecule has 0 fully saturated rings. The summed E-state index contributed by atoms with van der Waals surface area (Å²) in [6.45, 7) is 3.84. The Morgan fingerprint density at radius 2 is 1.50 bits per heavy atom. The monoisotopic (exact) mass is 485 g/mol. The maximum Gasteiger partial charge on any atom is 0.320 e. The first-order chi connectivity index (χ1) is 17.3. The highest BCUT2D eigenvalue weighted by atomic mass is 16.4. The van der Waals surface area contributed by atoms with Crippen molar-refractivity contribution in [1.82, 2.24) is 5.32 Å². The number of oxime groups is 1. The molecular weight excluding hydrogens is 458 g/mol. The van der Waals surface area contributed by atoms with E-state index >= 15 is 0 Å². The number of nitrogens with one attached hydrogen (secondary N) is 3. The molecule has 36 heavy (non-hydrogen) atoms. The van der Waals surface area contributed by atoms with Crippen LogP contribution in [0.25, 0.3) is 0 Å². The van der Waals surface area contributed by atoms with E-state index in [2.05, 4.69) is 21.1 Å². The molecule has 1 aliphatic rings. The molecule has 0 radical (unpaired) electrons. The zero-order valence-corrected chi connectivity index (χ0v) is 20.0. The molecule has 4 rings (SSSR count). The number of benzene rings is 3. The second-order valence-electron chi connectivity index (χ2n) is 8.67. The number of hydrogen-bond donors (Lipinski definition) is 4. The Morgan fingerprint density at radius 1 is 0.917 bits per heavy atom. The minimum absolute atomic E-state index is 0.0328. The Labute approximate surface area is 208 Å². The summed E-state index contributed by atoms with van der Waals surface area (Å²) in [5, 5.41) is 20.3. The lowest BCUT2D eigenvalue weighted by atomic mass is 9.87. The second-order valence-corrected chi connectivity index (χ2v) is 8.67. The van der Waals surface area contributed by atoms with Gasteiger partial charge in [0.05, 0.1) is 24.9 Å². The third-order valence-corrected chi connectivity index (χ3v) is 6.01. The SMILES string of the molecule is Cc1ccc(NC(=O)CC2(NC(=O)Nc3ccc(C)cc3)C(=O)N(C/C=N/O)c3ccccc32)cc1. The van der Waals surface area contributed by atoms with E-state index in [1.165, 1.54) is 11.1 Å². The highest BCUT2D eigenvalue weighted by molar-refractivity contribution is 6.13. The highest BCUT2D eigenvalue weighted by Gasteiger charge is 2.53. The first kappa shape index (κ1) is 24.5. The van der Waals surface area contributed by atoms with Crippen LogP contribution in [0.4, 0.5) is 21.9 Å². The first-order valence-corrected chi connectivity index (χ1v) is 11.4. The van der Waals surface area contributed by atoms with Crippen LogP contribution in [-0.2, 0) is 15.1 Å². The molecule has 0 saturated carbocycles. The number of amides is 4. The predicted octanol–water partition coefficient (Wildman–Crippen LogP) is 4.16. The zero-order chi connectivity index (χ0) is 25.7. The third kappa shape index (κ3) is 5.05. The van der Waals surface area contributed by atoms with Gasteiger partial charge in [0.2, 0.25) is 5.91 Å². The predicted molar refractivity (Wildman–Crippen MR) is 139 cm³/mol. The van der Waals surface area contributed by atoms with Gasteiger partial charge in [-0.05, 0) is 44.2 Å². The third-order valence-electron chi connectivity index (χ3n) is 6.01. The van der Waals surface area contributed by atoms with Gasteiger partial charge in [-0.1, -0.05) is 53.6 Å². The lowest BCUT2D eigenvalue weighted by molar-refractivity contribution is -0.128. The summed E-state index contributed by atoms with van der Waals surface area (Å²) in [5.74, 6) is -0.961. The largest absolute Gasteiger partial charge is 0.411 e. The normalized spacial score (nSPS) is 16.6. The summed E-state index contributed by atoms with van der Waals surface area (Å²) in [7, 11) is 0. The maximum atomic E-state index is 13.8. The van der Waals surface area contributed by atoms with Crippen molar-refractivity contribution < 1.29 is 19.6 Å². The summed E-state index contributed by atoms with van der Waals surface area (Å²) in [5.41, 5.74) is 2.50. The molecule has 9 nitrogen and oxygen atoms in total. The van der Waals surface area contributed by atoms with Gasteiger partial charge in [0, 0.05) is 16.9 Å². The average molecular weight is 486 g/mol. The van der Waals surface area contributed by atoms with E-state index in [0.29, 0.717) is 22.6 Å². The van der Waals surface area contributed by atoms with Crippen molar-refractivity contribution in [3.8, 4) is 0 Å². The van der Waals surface area contributed by atoms with E-state index in [9.17, 15) is 14.4 Å². The number of nitrogens with zero attached hydrogens (tertiary/aromatic N) is 2. The van der Waals surface area contributed by atoms with Gasteiger partial charge in [-0.25, -0.2) is 4.79 Å². The van der Waals surface area contributed by atoms with Crippen LogP contribution in [0.3, 0.4) is 0 Å². The van der Waals surface area contributed by atoms with Crippen LogP contribution in [0, 0.1) is 13.8 Å². The van der Waals surface area contributed by atoms with Crippen LogP contribution >= 0.6 is 0 Å². The van der Waals surface area contributed by atoms with E-state index in [0.717, 1.165) is 11.1 Å². The molecule has 1 atom stereocenters. The second kappa shape index (κ2) is 10.3. The van der Waals surface area contributed by atoms with Crippen molar-refractivity contribution in [3.05, 3.63) is 89.5 Å². The van der Waals surface area contributed by atoms with Crippen LogP contribution in [0.15, 0.2) is 78.0 Å². The van der Waals surface area contributed by atoms with Crippen molar-refractivity contribution >= 4 is 41.1 Å². The number of carbonyl (C=O) groups excluding carboxylic acids is 3. The van der Waals surface area contributed by atoms with Gasteiger partial charge < -0.3 is 26.1 Å². The lowest BCUT2D eigenvalue weighted by Crippen LogP contribution is -2.56. The fraction of sp³-hybridized carbons (Fsp3) is 0.185. The van der Waals surface area contributed by atoms with Gasteiger partial charge in [0.1, 0.15) is 0 Å². The van der Waals surface area contributed by atoms with Gasteiger partial charge in [-0.3, -0.25) is 9.59 Å². The summed E-state index contributed by atoms with van der Waals surface area (Å²) >= 11 is 0. The first-order valence-electron chi connectivity index (χ1n) is 11.4. The molecule has 0 spiro atoms. The van der Waals surface area contributed by atoms with Crippen LogP contribution in [0.5, 0.6) is 0 Å². The molecule has 9 heteroatoms. The molecule has 0 bridgehead atoms. The van der Waals surface area contributed by atoms with Crippen molar-refractivity contribution in [3.63, 3.8) is 0 Å². The Hall–Kier alpha value is -4.66. The molecule has 3 aromatic carbocycles. The Balaban J connectivity index is 1.68. The quantitative estimate of drug-likeness (QED) is 0.228. The van der Waals surface area contributed by atoms with Crippen LogP contribution in [0.1, 0.15) is 23.1 Å². The average Bonchev–Trinajstić information content (AvgIpc) is 3.07. The smallest absolute Gasteiger partial charge is 0.320 e. The maximum absolute atomic E-state index is 13.8. The molecule has 0 saturated heterocycles. The molecule has 1 aliphatic heterocycles. The van der Waals surface area contributed by atoms with Crippen molar-refractivity contribution in [2.75, 3.05) is 22.1 Å². The molecule has 0 aromatic heterocycles. The summed E-state index contributed by atoms with van der Waals surface area (Å²) in [4.78, 5) is 41.5. The Bertz CT molecular complexity index is 1240. The van der Waals surface area contributed by atoms with Gasteiger partial charge in [-0.15, -0.1) is 5.16 Å². The lowest BCUT2D eigenvalue weighted by Gasteiger charge is -2.29. The van der Waals surface area contributed by atoms with Crippen molar-refractivity contribution in [2.45, 2.75) is 25.8 Å². The molecule has 184 valence electrons. The molecule has 3 aromatic rings. The van der Waals surface area contributed by atoms with Crippen molar-refractivity contribution in [1.29, 1.82) is 0 Å². The molecule has 4 amide bonds. The standard InChI is InChI=1S/C27H27N5O4/c1-18-7-11-20(12-8-18)29-24(33)17-27(31-26(35)30-21-13-9-19(2)10-14-21)22-5-3-4-6-23(22)32(25(27)34)16-15-28-36/h3-15,36H,16-17H2,1-2H3,(H,29,33)(H2,30,31,35)/b28-15+. The van der Waals surface area contributed by atoms with Gasteiger partial charge >= 0.3 is 6.03 Å². The highest BCUT2D eigenvalue weighted by Crippen LogP contribution is 2.42. The van der Waals surface area contributed by atoms with E-state index in [4.69, 9.17) is 5.21 Å². The van der Waals surface area contributed by atoms with Gasteiger partial charge in [0.25, 0.3) is 5.91 Å². The number of urea groups is 1. The van der Waals surface area contributed by atoms with E-state index in [1.54, 1.807) is 48.5 Å². The number of hydrogen-bond acceptors (Lipinski definition) is 5. The number of anilines is 3. The van der Waals surface area contributed by atoms with Gasteiger partial charge in [0.15, 0.2) is 5.54 Å². The molecular formula is C27H27N5O4. The number of fused-ring (bicyclic) bond motifs is 1. The fourth-order valence-corrected chi connectivity index (χ4v) is 4.24. The van der Waals surface area contributed by atoms with E-state index in [1.807, 2.05) is 38.1 Å². The van der Waals surface area contributed by atoms with Crippen LogP contribution < -0.4 is 20.9 Å². The minimum Gasteiger partial charge on any atom is -0.411 e. The summed E-state index contributed by atoms with van der Waals surface area (Å²) < 4.78 is 0. The number of para-hydroxylation sites is 1. The summed E-state index contributed by atoms with van der Waals surface area (Å²) in [6, 6.07) is 20.8. The van der Waals surface area contributed by atoms with Gasteiger partial charge in [-0.2, -0.15) is 0 Å². The molecule has 1 heterocycles. The molecule has 1 unspecified atom stereocenters. The van der Waals surface area contributed by atoms with E-state index in [-0.39, 0.29) is 13.0 Å². The Kier molecular flexibility index (Phi) is 7.00. The van der Waals surface area contributed by atoms with Crippen molar-refractivity contribution in [2.24, 2.45) is 5.16 Å². The number of rotatable bonds is 7. The molecule has 4 N–H and O–H groups in total.